The quantitative estimate of drug-likeness (QED) is 0.714. The Hall–Kier alpha value is -1.29. The average molecular weight is 240 g/mol. The van der Waals surface area contributed by atoms with Crippen LogP contribution in [0, 0.1) is 0 Å². The van der Waals surface area contributed by atoms with Gasteiger partial charge in [0, 0.05) is 6.61 Å². The van der Waals surface area contributed by atoms with Crippen LogP contribution in [-0.2, 0) is 19.0 Å². The molecule has 0 saturated carbocycles. The van der Waals surface area contributed by atoms with Crippen molar-refractivity contribution in [2.75, 3.05) is 19.8 Å². The van der Waals surface area contributed by atoms with E-state index >= 15 is 0 Å². The molecule has 0 heterocycles. The lowest BCUT2D eigenvalue weighted by Crippen LogP contribution is -2.31. The molecule has 1 aliphatic rings. The summed E-state index contributed by atoms with van der Waals surface area (Å²) in [5, 5.41) is 0. The molecule has 0 radical (unpaired) electrons. The van der Waals surface area contributed by atoms with E-state index in [0.717, 1.165) is 0 Å². The predicted molar refractivity (Wildman–Crippen MR) is 64.5 cm³/mol. The Bertz CT molecular complexity index is 315. The first-order valence-corrected chi connectivity index (χ1v) is 5.96. The summed E-state index contributed by atoms with van der Waals surface area (Å²) in [4.78, 5) is 12.0. The maximum atomic E-state index is 12.0. The fraction of sp³-hybridized carbons (Fsp3) is 0.615. The number of hydrogen-bond acceptors (Lipinski definition) is 4. The molecular weight excluding hydrogens is 220 g/mol. The van der Waals surface area contributed by atoms with Crippen LogP contribution in [0.2, 0.25) is 0 Å². The molecule has 4 heteroatoms. The van der Waals surface area contributed by atoms with Gasteiger partial charge < -0.3 is 14.2 Å². The van der Waals surface area contributed by atoms with Gasteiger partial charge in [0.25, 0.3) is 5.78 Å². The number of carbonyl (C=O) groups is 1. The van der Waals surface area contributed by atoms with Crippen LogP contribution >= 0.6 is 0 Å². The van der Waals surface area contributed by atoms with Gasteiger partial charge in [0.2, 0.25) is 0 Å². The van der Waals surface area contributed by atoms with Gasteiger partial charge in [0.1, 0.15) is 5.60 Å². The minimum Gasteiger partial charge on any atom is -0.490 e. The van der Waals surface area contributed by atoms with E-state index in [0.29, 0.717) is 31.3 Å². The molecular formula is C13H20O4. The van der Waals surface area contributed by atoms with Crippen molar-refractivity contribution < 1.29 is 19.0 Å². The molecule has 0 aromatic carbocycles. The van der Waals surface area contributed by atoms with Crippen molar-refractivity contribution in [1.29, 1.82) is 0 Å². The molecule has 0 saturated heterocycles. The summed E-state index contributed by atoms with van der Waals surface area (Å²) in [5.41, 5.74) is -0.641. The maximum absolute atomic E-state index is 12.0. The number of ether oxygens (including phenoxy) is 3. The summed E-state index contributed by atoms with van der Waals surface area (Å²) >= 11 is 0. The largest absolute Gasteiger partial charge is 0.490 e. The Morgan fingerprint density at radius 1 is 1.00 bits per heavy atom. The third-order valence-electron chi connectivity index (χ3n) is 2.34. The molecule has 1 rings (SSSR count). The molecule has 0 aromatic heterocycles. The molecule has 0 aliphatic heterocycles. The highest BCUT2D eigenvalue weighted by Crippen LogP contribution is 2.27. The van der Waals surface area contributed by atoms with Crippen LogP contribution in [-0.4, -0.2) is 31.2 Å². The van der Waals surface area contributed by atoms with Crippen molar-refractivity contribution in [2.45, 2.75) is 33.3 Å². The van der Waals surface area contributed by atoms with E-state index in [4.69, 9.17) is 14.2 Å². The fourth-order valence-electron chi connectivity index (χ4n) is 1.73. The average Bonchev–Trinajstić information content (AvgIpc) is 2.26. The summed E-state index contributed by atoms with van der Waals surface area (Å²) in [7, 11) is 0. The number of carbonyl (C=O) groups excluding carboxylic acids is 1. The van der Waals surface area contributed by atoms with E-state index in [1.54, 1.807) is 12.2 Å². The van der Waals surface area contributed by atoms with E-state index in [1.807, 2.05) is 27.7 Å². The van der Waals surface area contributed by atoms with Crippen LogP contribution in [0.5, 0.6) is 0 Å². The first-order chi connectivity index (χ1) is 8.06. The maximum Gasteiger partial charge on any atom is 0.261 e. The van der Waals surface area contributed by atoms with Crippen molar-refractivity contribution in [3.05, 3.63) is 23.7 Å². The summed E-state index contributed by atoms with van der Waals surface area (Å²) < 4.78 is 16.3. The van der Waals surface area contributed by atoms with Crippen molar-refractivity contribution in [3.63, 3.8) is 0 Å². The Morgan fingerprint density at radius 3 is 1.82 bits per heavy atom. The van der Waals surface area contributed by atoms with Gasteiger partial charge >= 0.3 is 0 Å². The van der Waals surface area contributed by atoms with Crippen molar-refractivity contribution in [2.24, 2.45) is 0 Å². The topological polar surface area (TPSA) is 44.8 Å². The minimum absolute atomic E-state index is 0.217. The zero-order valence-electron chi connectivity index (χ0n) is 10.9. The number of rotatable bonds is 6. The third-order valence-corrected chi connectivity index (χ3v) is 2.34. The van der Waals surface area contributed by atoms with E-state index in [2.05, 4.69) is 0 Å². The van der Waals surface area contributed by atoms with Crippen LogP contribution in [0.4, 0.5) is 0 Å². The van der Waals surface area contributed by atoms with Crippen molar-refractivity contribution in [3.8, 4) is 0 Å². The van der Waals surface area contributed by atoms with Gasteiger partial charge in [-0.25, -0.2) is 0 Å². The van der Waals surface area contributed by atoms with Gasteiger partial charge in [0.05, 0.1) is 13.2 Å². The Morgan fingerprint density at radius 2 is 1.47 bits per heavy atom. The van der Waals surface area contributed by atoms with E-state index < -0.39 is 5.60 Å². The first-order valence-electron chi connectivity index (χ1n) is 5.96. The van der Waals surface area contributed by atoms with Gasteiger partial charge in [0.15, 0.2) is 11.5 Å². The second-order valence-corrected chi connectivity index (χ2v) is 3.83. The highest BCUT2D eigenvalue weighted by molar-refractivity contribution is 6.06. The number of hydrogen-bond donors (Lipinski definition) is 0. The molecule has 0 aromatic rings. The zero-order chi connectivity index (χ0) is 12.9. The smallest absolute Gasteiger partial charge is 0.261 e. The van der Waals surface area contributed by atoms with Crippen molar-refractivity contribution >= 4 is 5.78 Å². The Balaban J connectivity index is 3.00. The van der Waals surface area contributed by atoms with Crippen LogP contribution in [0.1, 0.15) is 27.7 Å². The van der Waals surface area contributed by atoms with Gasteiger partial charge in [-0.3, -0.25) is 4.79 Å². The molecule has 1 aliphatic carbocycles. The summed E-state index contributed by atoms with van der Waals surface area (Å²) in [6.45, 7) is 8.90. The molecule has 0 unspecified atom stereocenters. The van der Waals surface area contributed by atoms with Crippen LogP contribution in [0.25, 0.3) is 0 Å². The third kappa shape index (κ3) is 3.33. The Kier molecular flexibility index (Phi) is 4.75. The van der Waals surface area contributed by atoms with E-state index in [1.165, 1.54) is 0 Å². The van der Waals surface area contributed by atoms with Gasteiger partial charge in [-0.05, 0) is 39.8 Å². The second kappa shape index (κ2) is 5.87. The van der Waals surface area contributed by atoms with Gasteiger partial charge in [-0.1, -0.05) is 0 Å². The second-order valence-electron chi connectivity index (χ2n) is 3.83. The van der Waals surface area contributed by atoms with E-state index in [9.17, 15) is 4.79 Å². The minimum atomic E-state index is -0.641. The molecule has 0 N–H and O–H groups in total. The zero-order valence-corrected chi connectivity index (χ0v) is 10.9. The van der Waals surface area contributed by atoms with Crippen LogP contribution < -0.4 is 0 Å². The predicted octanol–water partition coefficient (Wildman–Crippen LogP) is 2.21. The Labute approximate surface area is 102 Å². The summed E-state index contributed by atoms with van der Waals surface area (Å²) in [6.07, 6.45) is 3.40. The molecule has 0 spiro atoms. The molecule has 4 nitrogen and oxygen atoms in total. The lowest BCUT2D eigenvalue weighted by Gasteiger charge is -2.28. The monoisotopic (exact) mass is 240 g/mol. The van der Waals surface area contributed by atoms with Crippen LogP contribution in [0.3, 0.4) is 0 Å². The normalized spacial score (nSPS) is 18.5. The lowest BCUT2D eigenvalue weighted by molar-refractivity contribution is -0.119. The highest BCUT2D eigenvalue weighted by Gasteiger charge is 2.32. The lowest BCUT2D eigenvalue weighted by atomic mass is 9.96. The summed E-state index contributed by atoms with van der Waals surface area (Å²) in [6, 6.07) is 0. The standard InChI is InChI=1S/C13H20O4/c1-5-15-10-8-13(4,17-7-3)9-11(12(10)14)16-6-2/h8-9H,5-7H2,1-4H3. The molecule has 0 amide bonds. The fourth-order valence-corrected chi connectivity index (χ4v) is 1.73. The molecule has 0 bridgehead atoms. The summed E-state index contributed by atoms with van der Waals surface area (Å²) in [5.74, 6) is 0.384. The van der Waals surface area contributed by atoms with Gasteiger partial charge in [-0.2, -0.15) is 0 Å². The van der Waals surface area contributed by atoms with Crippen LogP contribution in [0.15, 0.2) is 23.7 Å². The number of ketones is 1. The SMILES string of the molecule is CCOC1=CC(C)(OCC)C=C(OCC)C1=O. The molecule has 17 heavy (non-hydrogen) atoms. The molecule has 96 valence electrons. The molecule has 0 fully saturated rings. The van der Waals surface area contributed by atoms with Crippen molar-refractivity contribution in [1.82, 2.24) is 0 Å². The first kappa shape index (κ1) is 13.8. The molecule has 0 atom stereocenters. The highest BCUT2D eigenvalue weighted by atomic mass is 16.5. The number of Topliss-reactive ketones (excluding diaryl/α,β-unsaturated/α-hetero) is 1. The van der Waals surface area contributed by atoms with Gasteiger partial charge in [-0.15, -0.1) is 0 Å². The van der Waals surface area contributed by atoms with E-state index in [-0.39, 0.29) is 5.78 Å².